The van der Waals surface area contributed by atoms with Gasteiger partial charge < -0.3 is 4.74 Å². The predicted octanol–water partition coefficient (Wildman–Crippen LogP) is 5.14. The summed E-state index contributed by atoms with van der Waals surface area (Å²) >= 11 is 7.35. The van der Waals surface area contributed by atoms with Gasteiger partial charge in [-0.05, 0) is 28.8 Å². The van der Waals surface area contributed by atoms with Gasteiger partial charge in [-0.1, -0.05) is 48.0 Å². The van der Waals surface area contributed by atoms with E-state index >= 15 is 0 Å². The van der Waals surface area contributed by atoms with Crippen molar-refractivity contribution in [3.05, 3.63) is 59.2 Å². The summed E-state index contributed by atoms with van der Waals surface area (Å²) in [7, 11) is 1.67. The van der Waals surface area contributed by atoms with Crippen molar-refractivity contribution in [3.63, 3.8) is 0 Å². The summed E-state index contributed by atoms with van der Waals surface area (Å²) in [4.78, 5) is 5.14. The second kappa shape index (κ2) is 5.65. The summed E-state index contributed by atoms with van der Waals surface area (Å²) < 4.78 is 5.73. The minimum atomic E-state index is 0.569. The van der Waals surface area contributed by atoms with Gasteiger partial charge in [0.2, 0.25) is 0 Å². The smallest absolute Gasteiger partial charge is 0.184 e. The Morgan fingerprint density at radius 2 is 1.45 bits per heavy atom. The van der Waals surface area contributed by atoms with Gasteiger partial charge in [0.05, 0.1) is 12.0 Å². The van der Waals surface area contributed by atoms with Crippen molar-refractivity contribution in [2.75, 3.05) is 7.11 Å². The first-order chi connectivity index (χ1) is 9.76. The maximum Gasteiger partial charge on any atom is 0.184 e. The lowest BCUT2D eigenvalue weighted by Gasteiger charge is -2.04. The lowest BCUT2D eigenvalue weighted by molar-refractivity contribution is 0.415. The zero-order chi connectivity index (χ0) is 13.9. The lowest BCUT2D eigenvalue weighted by atomic mass is 10.0. The first kappa shape index (κ1) is 13.2. The number of hydrogen-bond acceptors (Lipinski definition) is 3. The van der Waals surface area contributed by atoms with Crippen molar-refractivity contribution in [3.8, 4) is 27.3 Å². The molecule has 1 heterocycles. The van der Waals surface area contributed by atoms with Gasteiger partial charge in [-0.2, -0.15) is 0 Å². The van der Waals surface area contributed by atoms with E-state index in [1.807, 2.05) is 12.1 Å². The first-order valence-corrected chi connectivity index (χ1v) is 7.32. The van der Waals surface area contributed by atoms with Crippen LogP contribution in [-0.2, 0) is 0 Å². The van der Waals surface area contributed by atoms with E-state index in [0.29, 0.717) is 4.47 Å². The van der Waals surface area contributed by atoms with Gasteiger partial charge in [-0.25, -0.2) is 4.98 Å². The van der Waals surface area contributed by atoms with Gasteiger partial charge in [0, 0.05) is 6.20 Å². The number of benzene rings is 2. The molecule has 3 aromatic rings. The van der Waals surface area contributed by atoms with E-state index in [2.05, 4.69) is 41.4 Å². The van der Waals surface area contributed by atoms with Crippen LogP contribution in [0.5, 0.6) is 5.75 Å². The summed E-state index contributed by atoms with van der Waals surface area (Å²) in [6, 6.07) is 16.4. The molecule has 0 radical (unpaired) electrons. The number of methoxy groups -OCH3 is 1. The van der Waals surface area contributed by atoms with E-state index in [1.54, 1.807) is 13.3 Å². The summed E-state index contributed by atoms with van der Waals surface area (Å²) in [5.74, 6) is 0.865. The van der Waals surface area contributed by atoms with E-state index in [-0.39, 0.29) is 0 Å². The monoisotopic (exact) mass is 301 g/mol. The second-order valence-corrected chi connectivity index (χ2v) is 5.90. The summed E-state index contributed by atoms with van der Waals surface area (Å²) in [5, 5.41) is 0. The third-order valence-electron chi connectivity index (χ3n) is 3.07. The van der Waals surface area contributed by atoms with Crippen LogP contribution in [0.15, 0.2) is 54.7 Å². The molecule has 0 atom stereocenters. The average Bonchev–Trinajstić information content (AvgIpc) is 2.94. The molecule has 0 amide bonds. The molecule has 0 spiro atoms. The SMILES string of the molecule is COc1ccc(-c2ccc(-c3cnc(Cl)s3)cc2)cc1. The Balaban J connectivity index is 1.88. The molecule has 0 fully saturated rings. The highest BCUT2D eigenvalue weighted by molar-refractivity contribution is 7.18. The molecule has 100 valence electrons. The molecule has 0 unspecified atom stereocenters. The van der Waals surface area contributed by atoms with Gasteiger partial charge in [0.15, 0.2) is 4.47 Å². The van der Waals surface area contributed by atoms with Crippen LogP contribution < -0.4 is 4.74 Å². The number of hydrogen-bond donors (Lipinski definition) is 0. The Morgan fingerprint density at radius 3 is 1.95 bits per heavy atom. The molecule has 20 heavy (non-hydrogen) atoms. The molecule has 0 saturated heterocycles. The van der Waals surface area contributed by atoms with E-state index in [0.717, 1.165) is 16.2 Å². The third kappa shape index (κ3) is 2.69. The quantitative estimate of drug-likeness (QED) is 0.668. The van der Waals surface area contributed by atoms with Crippen molar-refractivity contribution in [1.29, 1.82) is 0 Å². The molecule has 0 aliphatic rings. The molecule has 2 nitrogen and oxygen atoms in total. The highest BCUT2D eigenvalue weighted by Crippen LogP contribution is 2.30. The van der Waals surface area contributed by atoms with Crippen LogP contribution in [0, 0.1) is 0 Å². The number of aromatic nitrogens is 1. The molecule has 0 bridgehead atoms. The van der Waals surface area contributed by atoms with Crippen LogP contribution in [-0.4, -0.2) is 12.1 Å². The molecule has 1 aromatic heterocycles. The fourth-order valence-electron chi connectivity index (χ4n) is 2.00. The average molecular weight is 302 g/mol. The number of ether oxygens (including phenoxy) is 1. The van der Waals surface area contributed by atoms with Crippen molar-refractivity contribution < 1.29 is 4.74 Å². The van der Waals surface area contributed by atoms with Crippen molar-refractivity contribution in [2.45, 2.75) is 0 Å². The molecule has 4 heteroatoms. The normalized spacial score (nSPS) is 10.5. The van der Waals surface area contributed by atoms with Gasteiger partial charge in [-0.3, -0.25) is 0 Å². The topological polar surface area (TPSA) is 22.1 Å². The Bertz CT molecular complexity index is 704. The van der Waals surface area contributed by atoms with Gasteiger partial charge in [-0.15, -0.1) is 11.3 Å². The third-order valence-corrected chi connectivity index (χ3v) is 4.23. The van der Waals surface area contributed by atoms with E-state index < -0.39 is 0 Å². The Labute approximate surface area is 126 Å². The van der Waals surface area contributed by atoms with Crippen LogP contribution in [0.2, 0.25) is 4.47 Å². The van der Waals surface area contributed by atoms with Crippen LogP contribution in [0.4, 0.5) is 0 Å². The minimum Gasteiger partial charge on any atom is -0.497 e. The summed E-state index contributed by atoms with van der Waals surface area (Å²) in [5.41, 5.74) is 3.47. The van der Waals surface area contributed by atoms with E-state index in [1.165, 1.54) is 22.5 Å². The minimum absolute atomic E-state index is 0.569. The standard InChI is InChI=1S/C16H12ClNOS/c1-19-14-8-6-12(7-9-14)11-2-4-13(5-3-11)15-10-18-16(17)20-15/h2-10H,1H3. The van der Waals surface area contributed by atoms with Crippen LogP contribution in [0.25, 0.3) is 21.6 Å². The fraction of sp³-hybridized carbons (Fsp3) is 0.0625. The summed E-state index contributed by atoms with van der Waals surface area (Å²) in [6.07, 6.45) is 1.80. The van der Waals surface area contributed by atoms with E-state index in [4.69, 9.17) is 16.3 Å². The lowest BCUT2D eigenvalue weighted by Crippen LogP contribution is -1.83. The number of rotatable bonds is 3. The molecule has 0 aliphatic carbocycles. The van der Waals surface area contributed by atoms with Gasteiger partial charge in [0.25, 0.3) is 0 Å². The molecular weight excluding hydrogens is 290 g/mol. The maximum absolute atomic E-state index is 5.86. The number of thiazole rings is 1. The maximum atomic E-state index is 5.86. The number of halogens is 1. The van der Waals surface area contributed by atoms with Crippen molar-refractivity contribution in [2.24, 2.45) is 0 Å². The highest BCUT2D eigenvalue weighted by Gasteiger charge is 2.04. The molecular formula is C16H12ClNOS. The Hall–Kier alpha value is -1.84. The van der Waals surface area contributed by atoms with Crippen LogP contribution in [0.1, 0.15) is 0 Å². The first-order valence-electron chi connectivity index (χ1n) is 6.12. The largest absolute Gasteiger partial charge is 0.497 e. The molecule has 2 aromatic carbocycles. The molecule has 0 N–H and O–H groups in total. The highest BCUT2D eigenvalue weighted by atomic mass is 35.5. The summed E-state index contributed by atoms with van der Waals surface area (Å²) in [6.45, 7) is 0. The number of nitrogens with zero attached hydrogens (tertiary/aromatic N) is 1. The van der Waals surface area contributed by atoms with Gasteiger partial charge >= 0.3 is 0 Å². The second-order valence-electron chi connectivity index (χ2n) is 4.28. The Kier molecular flexibility index (Phi) is 3.72. The molecule has 3 rings (SSSR count). The Morgan fingerprint density at radius 1 is 0.900 bits per heavy atom. The zero-order valence-electron chi connectivity index (χ0n) is 10.8. The molecule has 0 saturated carbocycles. The molecule has 0 aliphatic heterocycles. The van der Waals surface area contributed by atoms with Crippen LogP contribution in [0.3, 0.4) is 0 Å². The van der Waals surface area contributed by atoms with E-state index in [9.17, 15) is 0 Å². The predicted molar refractivity (Wildman–Crippen MR) is 84.5 cm³/mol. The zero-order valence-corrected chi connectivity index (χ0v) is 12.4. The van der Waals surface area contributed by atoms with Crippen molar-refractivity contribution in [1.82, 2.24) is 4.98 Å². The van der Waals surface area contributed by atoms with Crippen molar-refractivity contribution >= 4 is 22.9 Å². The van der Waals surface area contributed by atoms with Gasteiger partial charge in [0.1, 0.15) is 5.75 Å². The van der Waals surface area contributed by atoms with Crippen LogP contribution >= 0.6 is 22.9 Å². The fourth-order valence-corrected chi connectivity index (χ4v) is 2.94.